The van der Waals surface area contributed by atoms with Gasteiger partial charge < -0.3 is 5.73 Å². The molecule has 0 radical (unpaired) electrons. The molecule has 5 heteroatoms. The summed E-state index contributed by atoms with van der Waals surface area (Å²) in [6, 6.07) is 6.50. The van der Waals surface area contributed by atoms with Crippen LogP contribution in [-0.4, -0.2) is 0 Å². The molecule has 1 atom stereocenters. The summed E-state index contributed by atoms with van der Waals surface area (Å²) in [5.74, 6) is 0.107. The van der Waals surface area contributed by atoms with Crippen molar-refractivity contribution in [2.45, 2.75) is 26.2 Å². The number of hydrogen-bond acceptors (Lipinski definition) is 4. The zero-order chi connectivity index (χ0) is 15.9. The van der Waals surface area contributed by atoms with Gasteiger partial charge in [-0.25, -0.2) is 0 Å². The summed E-state index contributed by atoms with van der Waals surface area (Å²) >= 11 is 5.21. The Hall–Kier alpha value is -1.82. The lowest BCUT2D eigenvalue weighted by molar-refractivity contribution is 0.613. The van der Waals surface area contributed by atoms with Gasteiger partial charge in [-0.05, 0) is 59.3 Å². The summed E-state index contributed by atoms with van der Waals surface area (Å²) in [6.07, 6.45) is 5.11. The molecule has 2 aliphatic carbocycles. The van der Waals surface area contributed by atoms with Crippen LogP contribution in [0.2, 0.25) is 0 Å². The van der Waals surface area contributed by atoms with Gasteiger partial charge in [-0.15, -0.1) is 11.3 Å². The van der Waals surface area contributed by atoms with Crippen molar-refractivity contribution in [3.8, 4) is 12.1 Å². The molecule has 3 nitrogen and oxygen atoms in total. The quantitative estimate of drug-likeness (QED) is 0.785. The number of thiophene rings is 1. The second kappa shape index (κ2) is 5.76. The minimum Gasteiger partial charge on any atom is -0.397 e. The lowest BCUT2D eigenvalue weighted by atomic mass is 9.72. The number of nitriles is 2. The van der Waals surface area contributed by atoms with Gasteiger partial charge in [0.2, 0.25) is 0 Å². The lowest BCUT2D eigenvalue weighted by Crippen LogP contribution is -2.22. The summed E-state index contributed by atoms with van der Waals surface area (Å²) in [4.78, 5) is 2.24. The zero-order valence-corrected chi connectivity index (χ0v) is 14.5. The Balaban J connectivity index is 2.31. The third-order valence-corrected chi connectivity index (χ3v) is 6.40. The molecule has 0 bridgehead atoms. The standard InChI is InChI=1S/C17H14BrN3S/c1-9-14(18)6-15(22-9)16-11-5-3-2-4-10(11)12(7-19)17(21)13(16)8-20/h4,6,11H,2-3,5,21H2,1H3. The first-order valence-corrected chi connectivity index (χ1v) is 8.70. The fourth-order valence-corrected chi connectivity index (χ4v) is 4.83. The molecule has 0 aromatic carbocycles. The minimum atomic E-state index is 0.107. The topological polar surface area (TPSA) is 73.6 Å². The Kier molecular flexibility index (Phi) is 3.95. The molecule has 0 saturated carbocycles. The molecular weight excluding hydrogens is 358 g/mol. The molecule has 2 aliphatic rings. The van der Waals surface area contributed by atoms with Crippen molar-refractivity contribution in [1.29, 1.82) is 10.5 Å². The van der Waals surface area contributed by atoms with E-state index in [1.807, 2.05) is 6.92 Å². The van der Waals surface area contributed by atoms with Crippen LogP contribution in [0.4, 0.5) is 0 Å². The molecule has 2 N–H and O–H groups in total. The fourth-order valence-electron chi connectivity index (χ4n) is 3.19. The highest BCUT2D eigenvalue weighted by Gasteiger charge is 2.35. The van der Waals surface area contributed by atoms with Crippen LogP contribution in [0.1, 0.15) is 29.0 Å². The van der Waals surface area contributed by atoms with Gasteiger partial charge in [0.05, 0.1) is 16.8 Å². The van der Waals surface area contributed by atoms with Crippen LogP contribution in [0.5, 0.6) is 0 Å². The van der Waals surface area contributed by atoms with E-state index >= 15 is 0 Å². The number of halogens is 1. The van der Waals surface area contributed by atoms with Crippen molar-refractivity contribution in [3.05, 3.63) is 48.8 Å². The molecular formula is C17H14BrN3S. The Bertz CT molecular complexity index is 808. The normalized spacial score (nSPS) is 21.1. The Morgan fingerprint density at radius 1 is 1.32 bits per heavy atom. The molecule has 0 fully saturated rings. The van der Waals surface area contributed by atoms with E-state index in [-0.39, 0.29) is 5.92 Å². The summed E-state index contributed by atoms with van der Waals surface area (Å²) in [6.45, 7) is 2.05. The van der Waals surface area contributed by atoms with Gasteiger partial charge >= 0.3 is 0 Å². The Morgan fingerprint density at radius 2 is 2.05 bits per heavy atom. The van der Waals surface area contributed by atoms with E-state index in [0.29, 0.717) is 16.8 Å². The predicted octanol–water partition coefficient (Wildman–Crippen LogP) is 4.57. The third-order valence-electron chi connectivity index (χ3n) is 4.23. The third kappa shape index (κ3) is 2.22. The first kappa shape index (κ1) is 15.1. The number of nitrogens with zero attached hydrogens (tertiary/aromatic N) is 2. The Labute approximate surface area is 142 Å². The van der Waals surface area contributed by atoms with Gasteiger partial charge in [0.1, 0.15) is 12.1 Å². The summed E-state index contributed by atoms with van der Waals surface area (Å²) in [5, 5.41) is 19.1. The second-order valence-electron chi connectivity index (χ2n) is 5.46. The number of hydrogen-bond donors (Lipinski definition) is 1. The van der Waals surface area contributed by atoms with Gasteiger partial charge in [0.15, 0.2) is 0 Å². The minimum absolute atomic E-state index is 0.107. The molecule has 1 heterocycles. The van der Waals surface area contributed by atoms with Crippen LogP contribution in [0.25, 0.3) is 5.57 Å². The summed E-state index contributed by atoms with van der Waals surface area (Å²) < 4.78 is 1.05. The van der Waals surface area contributed by atoms with Crippen LogP contribution < -0.4 is 5.73 Å². The average Bonchev–Trinajstić information content (AvgIpc) is 2.85. The highest BCUT2D eigenvalue weighted by atomic mass is 79.9. The van der Waals surface area contributed by atoms with Crippen molar-refractivity contribution in [2.24, 2.45) is 11.7 Å². The molecule has 0 aliphatic heterocycles. The SMILES string of the molecule is Cc1sc(C2=C(C#N)C(N)=C(C#N)C3=CCCCC32)cc1Br. The van der Waals surface area contributed by atoms with Gasteiger partial charge in [0, 0.05) is 20.1 Å². The van der Waals surface area contributed by atoms with E-state index in [1.165, 1.54) is 4.88 Å². The van der Waals surface area contributed by atoms with E-state index in [9.17, 15) is 10.5 Å². The van der Waals surface area contributed by atoms with Crippen LogP contribution in [0.15, 0.2) is 39.0 Å². The highest BCUT2D eigenvalue weighted by molar-refractivity contribution is 9.10. The molecule has 3 rings (SSSR count). The number of aryl methyl sites for hydroxylation is 1. The number of nitrogens with two attached hydrogens (primary N) is 1. The van der Waals surface area contributed by atoms with Gasteiger partial charge in [-0.2, -0.15) is 10.5 Å². The molecule has 1 aromatic rings. The lowest BCUT2D eigenvalue weighted by Gasteiger charge is -2.31. The van der Waals surface area contributed by atoms with Crippen LogP contribution in [-0.2, 0) is 0 Å². The summed E-state index contributed by atoms with van der Waals surface area (Å²) in [7, 11) is 0. The smallest absolute Gasteiger partial charge is 0.102 e. The van der Waals surface area contributed by atoms with Crippen LogP contribution >= 0.6 is 27.3 Å². The van der Waals surface area contributed by atoms with E-state index < -0.39 is 0 Å². The molecule has 0 amide bonds. The second-order valence-corrected chi connectivity index (χ2v) is 7.57. The maximum absolute atomic E-state index is 9.61. The summed E-state index contributed by atoms with van der Waals surface area (Å²) in [5.41, 5.74) is 9.42. The van der Waals surface area contributed by atoms with Crippen molar-refractivity contribution >= 4 is 32.8 Å². The molecule has 0 spiro atoms. The average molecular weight is 372 g/mol. The van der Waals surface area contributed by atoms with E-state index in [0.717, 1.165) is 39.8 Å². The first-order chi connectivity index (χ1) is 10.6. The van der Waals surface area contributed by atoms with Crippen molar-refractivity contribution in [3.63, 3.8) is 0 Å². The molecule has 1 unspecified atom stereocenters. The molecule has 1 aromatic heterocycles. The molecule has 22 heavy (non-hydrogen) atoms. The molecule has 110 valence electrons. The van der Waals surface area contributed by atoms with Crippen LogP contribution in [0.3, 0.4) is 0 Å². The predicted molar refractivity (Wildman–Crippen MR) is 91.5 cm³/mol. The number of fused-ring (bicyclic) bond motifs is 1. The largest absolute Gasteiger partial charge is 0.397 e. The van der Waals surface area contributed by atoms with Gasteiger partial charge in [-0.1, -0.05) is 6.08 Å². The van der Waals surface area contributed by atoms with Crippen molar-refractivity contribution < 1.29 is 0 Å². The van der Waals surface area contributed by atoms with Crippen molar-refractivity contribution in [2.75, 3.05) is 0 Å². The van der Waals surface area contributed by atoms with Crippen LogP contribution in [0, 0.1) is 35.5 Å². The van der Waals surface area contributed by atoms with E-state index in [2.05, 4.69) is 40.2 Å². The fraction of sp³-hybridized carbons (Fsp3) is 0.294. The monoisotopic (exact) mass is 371 g/mol. The maximum atomic E-state index is 9.61. The highest BCUT2D eigenvalue weighted by Crippen LogP contribution is 2.48. The number of rotatable bonds is 1. The Morgan fingerprint density at radius 3 is 2.64 bits per heavy atom. The number of allylic oxidation sites excluding steroid dienone is 5. The van der Waals surface area contributed by atoms with Gasteiger partial charge in [-0.3, -0.25) is 0 Å². The zero-order valence-electron chi connectivity index (χ0n) is 12.1. The van der Waals surface area contributed by atoms with Crippen molar-refractivity contribution in [1.82, 2.24) is 0 Å². The maximum Gasteiger partial charge on any atom is 0.102 e. The van der Waals surface area contributed by atoms with E-state index in [4.69, 9.17) is 5.73 Å². The first-order valence-electron chi connectivity index (χ1n) is 7.09. The molecule has 0 saturated heterocycles. The van der Waals surface area contributed by atoms with Gasteiger partial charge in [0.25, 0.3) is 0 Å². The van der Waals surface area contributed by atoms with E-state index in [1.54, 1.807) is 11.3 Å².